The van der Waals surface area contributed by atoms with Crippen molar-refractivity contribution in [3.8, 4) is 5.75 Å². The molecule has 0 fully saturated rings. The third-order valence-corrected chi connectivity index (χ3v) is 2.93. The zero-order valence-corrected chi connectivity index (χ0v) is 11.4. The normalized spacial score (nSPS) is 10.2. The summed E-state index contributed by atoms with van der Waals surface area (Å²) in [6.07, 6.45) is 2.02. The van der Waals surface area contributed by atoms with E-state index in [2.05, 4.69) is 0 Å². The Kier molecular flexibility index (Phi) is 4.71. The van der Waals surface area contributed by atoms with Crippen molar-refractivity contribution >= 4 is 5.78 Å². The molecule has 0 spiro atoms. The number of hydrogen-bond acceptors (Lipinski definition) is 3. The standard InChI is InChI=1S/C16H17NO3/c1-13(18)9-11-17-10-5-8-15(16(17)19)20-12-14-6-3-2-4-7-14/h2-8,10H,9,11-12H2,1H3. The molecule has 1 heterocycles. The van der Waals surface area contributed by atoms with Crippen molar-refractivity contribution in [1.29, 1.82) is 0 Å². The molecule has 2 rings (SSSR count). The Bertz CT molecular complexity index is 632. The summed E-state index contributed by atoms with van der Waals surface area (Å²) >= 11 is 0. The molecule has 0 N–H and O–H groups in total. The second kappa shape index (κ2) is 6.70. The van der Waals surface area contributed by atoms with Gasteiger partial charge >= 0.3 is 0 Å². The van der Waals surface area contributed by atoms with Crippen LogP contribution in [-0.2, 0) is 17.9 Å². The first-order valence-electron chi connectivity index (χ1n) is 6.52. The first-order chi connectivity index (χ1) is 9.66. The van der Waals surface area contributed by atoms with E-state index in [-0.39, 0.29) is 11.3 Å². The average molecular weight is 271 g/mol. The van der Waals surface area contributed by atoms with Gasteiger partial charge in [-0.15, -0.1) is 0 Å². The summed E-state index contributed by atoms with van der Waals surface area (Å²) in [5.41, 5.74) is 0.802. The molecular formula is C16H17NO3. The van der Waals surface area contributed by atoms with Crippen molar-refractivity contribution in [1.82, 2.24) is 4.57 Å². The molecule has 0 saturated carbocycles. The number of benzene rings is 1. The zero-order chi connectivity index (χ0) is 14.4. The number of pyridine rings is 1. The number of aromatic nitrogens is 1. The Morgan fingerprint density at radius 3 is 2.60 bits per heavy atom. The van der Waals surface area contributed by atoms with E-state index >= 15 is 0 Å². The highest BCUT2D eigenvalue weighted by molar-refractivity contribution is 5.75. The molecule has 0 atom stereocenters. The summed E-state index contributed by atoms with van der Waals surface area (Å²) < 4.78 is 7.05. The van der Waals surface area contributed by atoms with Gasteiger partial charge in [-0.05, 0) is 24.6 Å². The lowest BCUT2D eigenvalue weighted by molar-refractivity contribution is -0.117. The van der Waals surface area contributed by atoms with Crippen molar-refractivity contribution in [2.75, 3.05) is 0 Å². The Morgan fingerprint density at radius 1 is 1.15 bits per heavy atom. The smallest absolute Gasteiger partial charge is 0.292 e. The van der Waals surface area contributed by atoms with Crippen LogP contribution in [0.5, 0.6) is 5.75 Å². The molecule has 1 aromatic heterocycles. The van der Waals surface area contributed by atoms with E-state index in [1.165, 1.54) is 11.5 Å². The van der Waals surface area contributed by atoms with Gasteiger partial charge in [0.15, 0.2) is 5.75 Å². The quantitative estimate of drug-likeness (QED) is 0.810. The summed E-state index contributed by atoms with van der Waals surface area (Å²) in [6, 6.07) is 13.1. The van der Waals surface area contributed by atoms with E-state index in [9.17, 15) is 9.59 Å². The molecule has 0 radical (unpaired) electrons. The van der Waals surface area contributed by atoms with Gasteiger partial charge in [-0.1, -0.05) is 30.3 Å². The Hall–Kier alpha value is -2.36. The van der Waals surface area contributed by atoms with Gasteiger partial charge in [0, 0.05) is 19.2 Å². The summed E-state index contributed by atoms with van der Waals surface area (Å²) in [5, 5.41) is 0. The highest BCUT2D eigenvalue weighted by Crippen LogP contribution is 2.07. The molecule has 104 valence electrons. The molecule has 0 bridgehead atoms. The SMILES string of the molecule is CC(=O)CCn1cccc(OCc2ccccc2)c1=O. The fraction of sp³-hybridized carbons (Fsp3) is 0.250. The number of carbonyl (C=O) groups excluding carboxylic acids is 1. The van der Waals surface area contributed by atoms with Gasteiger partial charge in [-0.2, -0.15) is 0 Å². The summed E-state index contributed by atoms with van der Waals surface area (Å²) in [6.45, 7) is 2.25. The van der Waals surface area contributed by atoms with Gasteiger partial charge in [0.2, 0.25) is 0 Å². The van der Waals surface area contributed by atoms with Crippen molar-refractivity contribution in [2.45, 2.75) is 26.5 Å². The molecule has 1 aromatic carbocycles. The van der Waals surface area contributed by atoms with Gasteiger partial charge in [-0.3, -0.25) is 9.59 Å². The Labute approximate surface area is 117 Å². The minimum absolute atomic E-state index is 0.0625. The second-order valence-corrected chi connectivity index (χ2v) is 4.60. The number of carbonyl (C=O) groups is 1. The number of rotatable bonds is 6. The van der Waals surface area contributed by atoms with E-state index in [0.717, 1.165) is 5.56 Å². The minimum Gasteiger partial charge on any atom is -0.483 e. The third kappa shape index (κ3) is 3.82. The number of ether oxygens (including phenoxy) is 1. The third-order valence-electron chi connectivity index (χ3n) is 2.93. The first-order valence-corrected chi connectivity index (χ1v) is 6.52. The van der Waals surface area contributed by atoms with Crippen LogP contribution in [0.3, 0.4) is 0 Å². The highest BCUT2D eigenvalue weighted by atomic mass is 16.5. The average Bonchev–Trinajstić information content (AvgIpc) is 2.46. The fourth-order valence-corrected chi connectivity index (χ4v) is 1.81. The van der Waals surface area contributed by atoms with Crippen LogP contribution in [0.2, 0.25) is 0 Å². The van der Waals surface area contributed by atoms with Crippen LogP contribution in [0.4, 0.5) is 0 Å². The first kappa shape index (κ1) is 14.1. The maximum atomic E-state index is 12.1. The Balaban J connectivity index is 2.07. The van der Waals surface area contributed by atoms with Crippen molar-refractivity contribution < 1.29 is 9.53 Å². The lowest BCUT2D eigenvalue weighted by atomic mass is 10.2. The van der Waals surface area contributed by atoms with Gasteiger partial charge < -0.3 is 9.30 Å². The lowest BCUT2D eigenvalue weighted by Gasteiger charge is -2.09. The van der Waals surface area contributed by atoms with Crippen LogP contribution in [0.25, 0.3) is 0 Å². The largest absolute Gasteiger partial charge is 0.483 e. The van der Waals surface area contributed by atoms with Crippen LogP contribution in [0.15, 0.2) is 53.5 Å². The predicted molar refractivity (Wildman–Crippen MR) is 76.8 cm³/mol. The molecule has 20 heavy (non-hydrogen) atoms. The van der Waals surface area contributed by atoms with E-state index in [4.69, 9.17) is 4.74 Å². The topological polar surface area (TPSA) is 48.3 Å². The van der Waals surface area contributed by atoms with E-state index in [1.54, 1.807) is 18.3 Å². The number of hydrogen-bond donors (Lipinski definition) is 0. The molecule has 0 aliphatic rings. The number of nitrogens with zero attached hydrogens (tertiary/aromatic N) is 1. The second-order valence-electron chi connectivity index (χ2n) is 4.60. The summed E-state index contributed by atoms with van der Waals surface area (Å²) in [5.74, 6) is 0.368. The predicted octanol–water partition coefficient (Wildman–Crippen LogP) is 2.41. The summed E-state index contributed by atoms with van der Waals surface area (Å²) in [7, 11) is 0. The van der Waals surface area contributed by atoms with Crippen LogP contribution in [-0.4, -0.2) is 10.4 Å². The molecule has 4 nitrogen and oxygen atoms in total. The van der Waals surface area contributed by atoms with Crippen molar-refractivity contribution in [2.24, 2.45) is 0 Å². The monoisotopic (exact) mass is 271 g/mol. The van der Waals surface area contributed by atoms with Gasteiger partial charge in [0.05, 0.1) is 0 Å². The number of ketones is 1. The molecule has 0 aliphatic carbocycles. The number of Topliss-reactive ketones (excluding diaryl/α,β-unsaturated/α-hetero) is 1. The fourth-order valence-electron chi connectivity index (χ4n) is 1.81. The van der Waals surface area contributed by atoms with Gasteiger partial charge in [0.1, 0.15) is 12.4 Å². The molecule has 0 aliphatic heterocycles. The van der Waals surface area contributed by atoms with Crippen LogP contribution >= 0.6 is 0 Å². The van der Waals surface area contributed by atoms with E-state index < -0.39 is 0 Å². The van der Waals surface area contributed by atoms with E-state index in [0.29, 0.717) is 25.3 Å². The maximum Gasteiger partial charge on any atom is 0.292 e. The molecule has 0 unspecified atom stereocenters. The van der Waals surface area contributed by atoms with Crippen LogP contribution in [0.1, 0.15) is 18.9 Å². The zero-order valence-electron chi connectivity index (χ0n) is 11.4. The molecule has 0 amide bonds. The maximum absolute atomic E-state index is 12.1. The van der Waals surface area contributed by atoms with Crippen molar-refractivity contribution in [3.63, 3.8) is 0 Å². The van der Waals surface area contributed by atoms with Crippen LogP contribution < -0.4 is 10.3 Å². The van der Waals surface area contributed by atoms with Gasteiger partial charge in [-0.25, -0.2) is 0 Å². The minimum atomic E-state index is -0.204. The lowest BCUT2D eigenvalue weighted by Crippen LogP contribution is -2.22. The Morgan fingerprint density at radius 2 is 1.90 bits per heavy atom. The van der Waals surface area contributed by atoms with E-state index in [1.807, 2.05) is 30.3 Å². The highest BCUT2D eigenvalue weighted by Gasteiger charge is 2.05. The summed E-state index contributed by atoms with van der Waals surface area (Å²) in [4.78, 5) is 23.1. The van der Waals surface area contributed by atoms with Gasteiger partial charge in [0.25, 0.3) is 5.56 Å². The molecular weight excluding hydrogens is 254 g/mol. The van der Waals surface area contributed by atoms with Crippen LogP contribution in [0, 0.1) is 0 Å². The van der Waals surface area contributed by atoms with Crippen molar-refractivity contribution in [3.05, 3.63) is 64.6 Å². The molecule has 2 aromatic rings. The molecule has 0 saturated heterocycles. The molecule has 4 heteroatoms. The number of aryl methyl sites for hydroxylation is 1.